The van der Waals surface area contributed by atoms with Crippen LogP contribution in [0.25, 0.3) is 0 Å². The van der Waals surface area contributed by atoms with Gasteiger partial charge in [0.1, 0.15) is 0 Å². The summed E-state index contributed by atoms with van der Waals surface area (Å²) in [6, 6.07) is 10.2. The normalized spacial score (nSPS) is 30.3. The van der Waals surface area contributed by atoms with Crippen LogP contribution in [0.15, 0.2) is 24.3 Å². The van der Waals surface area contributed by atoms with Crippen molar-refractivity contribution in [1.29, 1.82) is 0 Å². The molecule has 0 saturated carbocycles. The molecular formula is C16H23ClN2. The minimum Gasteiger partial charge on any atom is -0.298 e. The van der Waals surface area contributed by atoms with Crippen molar-refractivity contribution in [2.45, 2.75) is 44.8 Å². The van der Waals surface area contributed by atoms with E-state index in [9.17, 15) is 0 Å². The standard InChI is InChI=1S/C16H23ClN2/c1-12-10-18-9-3-4-16(18)11-19(12)13(2)14-5-7-15(17)8-6-14/h5-8,12-13,16H,3-4,9-11H2,1-2H3. The molecule has 2 heterocycles. The molecule has 2 saturated heterocycles. The van der Waals surface area contributed by atoms with Gasteiger partial charge in [-0.2, -0.15) is 0 Å². The van der Waals surface area contributed by atoms with Gasteiger partial charge in [0.2, 0.25) is 0 Å². The zero-order valence-corrected chi connectivity index (χ0v) is 12.6. The Hall–Kier alpha value is -0.570. The molecule has 0 radical (unpaired) electrons. The van der Waals surface area contributed by atoms with Crippen LogP contribution in [0.3, 0.4) is 0 Å². The molecule has 3 heteroatoms. The highest BCUT2D eigenvalue weighted by Crippen LogP contribution is 2.31. The highest BCUT2D eigenvalue weighted by molar-refractivity contribution is 6.30. The van der Waals surface area contributed by atoms with Gasteiger partial charge in [-0.15, -0.1) is 0 Å². The molecule has 2 nitrogen and oxygen atoms in total. The Balaban J connectivity index is 1.75. The summed E-state index contributed by atoms with van der Waals surface area (Å²) in [5, 5.41) is 0.824. The van der Waals surface area contributed by atoms with Crippen molar-refractivity contribution in [3.8, 4) is 0 Å². The van der Waals surface area contributed by atoms with Crippen molar-refractivity contribution in [3.63, 3.8) is 0 Å². The van der Waals surface area contributed by atoms with Crippen molar-refractivity contribution in [2.24, 2.45) is 0 Å². The molecule has 3 rings (SSSR count). The summed E-state index contributed by atoms with van der Waals surface area (Å²) in [5.41, 5.74) is 1.38. The Labute approximate surface area is 121 Å². The van der Waals surface area contributed by atoms with Gasteiger partial charge in [0, 0.05) is 36.2 Å². The van der Waals surface area contributed by atoms with Crippen molar-refractivity contribution in [3.05, 3.63) is 34.9 Å². The van der Waals surface area contributed by atoms with Crippen LogP contribution in [0.1, 0.15) is 38.3 Å². The predicted molar refractivity (Wildman–Crippen MR) is 80.6 cm³/mol. The lowest BCUT2D eigenvalue weighted by atomic mass is 10.0. The summed E-state index contributed by atoms with van der Waals surface area (Å²) < 4.78 is 0. The van der Waals surface area contributed by atoms with E-state index in [1.54, 1.807) is 0 Å². The largest absolute Gasteiger partial charge is 0.298 e. The third-order valence-corrected chi connectivity index (χ3v) is 5.09. The molecule has 0 amide bonds. The smallest absolute Gasteiger partial charge is 0.0406 e. The van der Waals surface area contributed by atoms with Gasteiger partial charge >= 0.3 is 0 Å². The van der Waals surface area contributed by atoms with E-state index in [1.807, 2.05) is 12.1 Å². The summed E-state index contributed by atoms with van der Waals surface area (Å²) >= 11 is 5.98. The summed E-state index contributed by atoms with van der Waals surface area (Å²) in [7, 11) is 0. The minimum absolute atomic E-state index is 0.481. The van der Waals surface area contributed by atoms with Crippen molar-refractivity contribution in [1.82, 2.24) is 9.80 Å². The first kappa shape index (κ1) is 13.4. The van der Waals surface area contributed by atoms with Gasteiger partial charge in [-0.1, -0.05) is 23.7 Å². The predicted octanol–water partition coefficient (Wildman–Crippen LogP) is 3.57. The van der Waals surface area contributed by atoms with E-state index < -0.39 is 0 Å². The zero-order chi connectivity index (χ0) is 13.4. The van der Waals surface area contributed by atoms with Crippen LogP contribution in [-0.4, -0.2) is 41.5 Å². The van der Waals surface area contributed by atoms with Crippen LogP contribution in [0.2, 0.25) is 5.02 Å². The van der Waals surface area contributed by atoms with Gasteiger partial charge in [-0.25, -0.2) is 0 Å². The molecule has 3 unspecified atom stereocenters. The number of hydrogen-bond acceptors (Lipinski definition) is 2. The maximum atomic E-state index is 5.98. The monoisotopic (exact) mass is 278 g/mol. The molecule has 0 N–H and O–H groups in total. The molecule has 1 aromatic carbocycles. The van der Waals surface area contributed by atoms with Crippen LogP contribution in [0, 0.1) is 0 Å². The first-order valence-corrected chi connectivity index (χ1v) is 7.78. The average molecular weight is 279 g/mol. The molecule has 0 spiro atoms. The average Bonchev–Trinajstić information content (AvgIpc) is 2.85. The van der Waals surface area contributed by atoms with E-state index in [4.69, 9.17) is 11.6 Å². The van der Waals surface area contributed by atoms with Gasteiger partial charge in [0.15, 0.2) is 0 Å². The number of nitrogens with zero attached hydrogens (tertiary/aromatic N) is 2. The molecule has 0 bridgehead atoms. The summed E-state index contributed by atoms with van der Waals surface area (Å²) in [6.07, 6.45) is 2.75. The Morgan fingerprint density at radius 3 is 2.68 bits per heavy atom. The lowest BCUT2D eigenvalue weighted by Crippen LogP contribution is -2.55. The van der Waals surface area contributed by atoms with Crippen LogP contribution in [0.5, 0.6) is 0 Å². The van der Waals surface area contributed by atoms with E-state index in [1.165, 1.54) is 38.0 Å². The van der Waals surface area contributed by atoms with Gasteiger partial charge in [-0.3, -0.25) is 9.80 Å². The first-order valence-electron chi connectivity index (χ1n) is 7.40. The number of hydrogen-bond donors (Lipinski definition) is 0. The Morgan fingerprint density at radius 1 is 1.21 bits per heavy atom. The van der Waals surface area contributed by atoms with E-state index in [0.29, 0.717) is 12.1 Å². The molecule has 3 atom stereocenters. The summed E-state index contributed by atoms with van der Waals surface area (Å²) in [5.74, 6) is 0. The molecule has 2 aliphatic heterocycles. The van der Waals surface area contributed by atoms with E-state index in [2.05, 4.69) is 35.8 Å². The number of fused-ring (bicyclic) bond motifs is 1. The second-order valence-electron chi connectivity index (χ2n) is 6.06. The van der Waals surface area contributed by atoms with Gasteiger partial charge < -0.3 is 0 Å². The Bertz CT molecular complexity index is 431. The third-order valence-electron chi connectivity index (χ3n) is 4.84. The molecule has 2 aliphatic rings. The Morgan fingerprint density at radius 2 is 1.95 bits per heavy atom. The number of rotatable bonds is 2. The SMILES string of the molecule is CC1CN2CCCC2CN1C(C)c1ccc(Cl)cc1. The number of benzene rings is 1. The highest BCUT2D eigenvalue weighted by atomic mass is 35.5. The van der Waals surface area contributed by atoms with E-state index >= 15 is 0 Å². The van der Waals surface area contributed by atoms with Crippen molar-refractivity contribution in [2.75, 3.05) is 19.6 Å². The van der Waals surface area contributed by atoms with Crippen molar-refractivity contribution >= 4 is 11.6 Å². The quantitative estimate of drug-likeness (QED) is 0.816. The summed E-state index contributed by atoms with van der Waals surface area (Å²) in [4.78, 5) is 5.34. The van der Waals surface area contributed by atoms with Crippen LogP contribution >= 0.6 is 11.6 Å². The van der Waals surface area contributed by atoms with Crippen molar-refractivity contribution < 1.29 is 0 Å². The van der Waals surface area contributed by atoms with Crippen LogP contribution in [-0.2, 0) is 0 Å². The van der Waals surface area contributed by atoms with Gasteiger partial charge in [-0.05, 0) is 50.9 Å². The summed E-state index contributed by atoms with van der Waals surface area (Å²) in [6.45, 7) is 8.43. The van der Waals surface area contributed by atoms with Crippen LogP contribution in [0.4, 0.5) is 0 Å². The molecule has 0 aliphatic carbocycles. The lowest BCUT2D eigenvalue weighted by molar-refractivity contribution is 0.0326. The molecule has 19 heavy (non-hydrogen) atoms. The van der Waals surface area contributed by atoms with Gasteiger partial charge in [0.25, 0.3) is 0 Å². The second-order valence-corrected chi connectivity index (χ2v) is 6.50. The van der Waals surface area contributed by atoms with Gasteiger partial charge in [0.05, 0.1) is 0 Å². The van der Waals surface area contributed by atoms with E-state index in [-0.39, 0.29) is 0 Å². The number of piperazine rings is 1. The molecular weight excluding hydrogens is 256 g/mol. The molecule has 0 aromatic heterocycles. The number of halogens is 1. The minimum atomic E-state index is 0.481. The highest BCUT2D eigenvalue weighted by Gasteiger charge is 2.36. The first-order chi connectivity index (χ1) is 9.15. The molecule has 2 fully saturated rings. The fraction of sp³-hybridized carbons (Fsp3) is 0.625. The maximum absolute atomic E-state index is 5.98. The maximum Gasteiger partial charge on any atom is 0.0406 e. The molecule has 104 valence electrons. The Kier molecular flexibility index (Phi) is 3.84. The second kappa shape index (κ2) is 5.43. The van der Waals surface area contributed by atoms with Crippen LogP contribution < -0.4 is 0 Å². The fourth-order valence-electron chi connectivity index (χ4n) is 3.68. The van der Waals surface area contributed by atoms with E-state index in [0.717, 1.165) is 11.1 Å². The fourth-order valence-corrected chi connectivity index (χ4v) is 3.81. The lowest BCUT2D eigenvalue weighted by Gasteiger charge is -2.45. The third kappa shape index (κ3) is 2.67. The topological polar surface area (TPSA) is 6.48 Å². The zero-order valence-electron chi connectivity index (χ0n) is 11.8. The molecule has 1 aromatic rings.